The molecule has 0 aromatic heterocycles. The maximum atomic E-state index is 12.6. The van der Waals surface area contributed by atoms with Crippen LogP contribution in [0.5, 0.6) is 0 Å². The molecule has 2 rings (SSSR count). The minimum atomic E-state index is -1.18. The number of ether oxygens (including phenoxy) is 1. The Balaban J connectivity index is 2.22. The maximum absolute atomic E-state index is 12.6. The number of benzene rings is 1. The molecule has 1 unspecified atom stereocenters. The maximum Gasteiger partial charge on any atom is 0.410 e. The zero-order valence-corrected chi connectivity index (χ0v) is 18.6. The average Bonchev–Trinajstić information content (AvgIpc) is 2.66. The summed E-state index contributed by atoms with van der Waals surface area (Å²) in [6.45, 7) is 6.53. The first-order valence-electron chi connectivity index (χ1n) is 10.2. The van der Waals surface area contributed by atoms with Crippen LogP contribution < -0.4 is 5.32 Å². The summed E-state index contributed by atoms with van der Waals surface area (Å²) >= 11 is 6.19. The summed E-state index contributed by atoms with van der Waals surface area (Å²) in [6, 6.07) is 7.21. The van der Waals surface area contributed by atoms with Gasteiger partial charge in [-0.05, 0) is 64.2 Å². The van der Waals surface area contributed by atoms with E-state index in [0.29, 0.717) is 37.4 Å². The van der Waals surface area contributed by atoms with Gasteiger partial charge in [0.05, 0.1) is 5.60 Å². The van der Waals surface area contributed by atoms with Gasteiger partial charge in [-0.15, -0.1) is 0 Å². The Hall–Kier alpha value is -1.79. The van der Waals surface area contributed by atoms with Gasteiger partial charge >= 0.3 is 6.09 Å². The number of carbonyl (C=O) groups is 2. The number of hydrogen-bond acceptors (Lipinski definition) is 4. The number of rotatable bonds is 6. The van der Waals surface area contributed by atoms with Crippen molar-refractivity contribution in [2.24, 2.45) is 5.92 Å². The smallest absolute Gasteiger partial charge is 0.410 e. The van der Waals surface area contributed by atoms with Crippen molar-refractivity contribution in [3.63, 3.8) is 0 Å². The second kappa shape index (κ2) is 9.81. The van der Waals surface area contributed by atoms with E-state index in [-0.39, 0.29) is 17.9 Å². The van der Waals surface area contributed by atoms with E-state index in [2.05, 4.69) is 5.32 Å². The number of nitrogens with zero attached hydrogens (tertiary/aromatic N) is 1. The predicted octanol–water partition coefficient (Wildman–Crippen LogP) is 4.09. The highest BCUT2D eigenvalue weighted by atomic mass is 35.5. The van der Waals surface area contributed by atoms with E-state index in [0.717, 1.165) is 18.4 Å². The van der Waals surface area contributed by atoms with E-state index < -0.39 is 11.2 Å². The van der Waals surface area contributed by atoms with Crippen LogP contribution in [0, 0.1) is 5.92 Å². The van der Waals surface area contributed by atoms with Crippen LogP contribution in [0.25, 0.3) is 0 Å². The van der Waals surface area contributed by atoms with Gasteiger partial charge in [0.15, 0.2) is 0 Å². The van der Waals surface area contributed by atoms with Gasteiger partial charge in [-0.25, -0.2) is 4.79 Å². The number of aliphatic hydroxyl groups is 1. The van der Waals surface area contributed by atoms with Crippen molar-refractivity contribution in [2.45, 2.75) is 64.1 Å². The van der Waals surface area contributed by atoms with Gasteiger partial charge in [-0.3, -0.25) is 4.79 Å². The third-order valence-electron chi connectivity index (χ3n) is 5.31. The van der Waals surface area contributed by atoms with Crippen LogP contribution in [-0.4, -0.2) is 47.7 Å². The number of likely N-dealkylation sites (tertiary alicyclic amines) is 1. The first-order chi connectivity index (χ1) is 13.5. The van der Waals surface area contributed by atoms with E-state index in [1.54, 1.807) is 24.1 Å². The van der Waals surface area contributed by atoms with Gasteiger partial charge in [0.25, 0.3) is 0 Å². The van der Waals surface area contributed by atoms with Gasteiger partial charge < -0.3 is 20.1 Å². The van der Waals surface area contributed by atoms with Gasteiger partial charge in [0.2, 0.25) is 5.91 Å². The zero-order chi connectivity index (χ0) is 21.7. The van der Waals surface area contributed by atoms with Crippen LogP contribution in [0.4, 0.5) is 4.79 Å². The lowest BCUT2D eigenvalue weighted by atomic mass is 9.74. The molecule has 1 saturated heterocycles. The van der Waals surface area contributed by atoms with Crippen LogP contribution in [0.1, 0.15) is 58.4 Å². The molecule has 1 aliphatic heterocycles. The number of piperidine rings is 1. The molecular formula is C22H33ClN2O4. The lowest BCUT2D eigenvalue weighted by Crippen LogP contribution is -2.49. The monoisotopic (exact) mass is 424 g/mol. The Morgan fingerprint density at radius 1 is 1.34 bits per heavy atom. The molecule has 0 aliphatic carbocycles. The molecule has 1 heterocycles. The van der Waals surface area contributed by atoms with E-state index >= 15 is 0 Å². The summed E-state index contributed by atoms with van der Waals surface area (Å²) in [7, 11) is 1.60. The van der Waals surface area contributed by atoms with Crippen molar-refractivity contribution in [1.29, 1.82) is 0 Å². The molecule has 1 aromatic carbocycles. The second-order valence-electron chi connectivity index (χ2n) is 8.73. The van der Waals surface area contributed by atoms with Crippen LogP contribution in [-0.2, 0) is 15.1 Å². The van der Waals surface area contributed by atoms with Gasteiger partial charge in [0.1, 0.15) is 5.60 Å². The van der Waals surface area contributed by atoms with E-state index in [9.17, 15) is 14.7 Å². The van der Waals surface area contributed by atoms with E-state index in [1.807, 2.05) is 32.9 Å². The van der Waals surface area contributed by atoms with Crippen LogP contribution in [0.2, 0.25) is 5.02 Å². The van der Waals surface area contributed by atoms with Crippen molar-refractivity contribution in [1.82, 2.24) is 10.2 Å². The van der Waals surface area contributed by atoms with Gasteiger partial charge in [-0.2, -0.15) is 0 Å². The Morgan fingerprint density at radius 3 is 2.69 bits per heavy atom. The number of hydrogen-bond donors (Lipinski definition) is 2. The Morgan fingerprint density at radius 2 is 2.07 bits per heavy atom. The summed E-state index contributed by atoms with van der Waals surface area (Å²) < 4.78 is 5.52. The van der Waals surface area contributed by atoms with E-state index in [1.165, 1.54) is 0 Å². The molecule has 1 aromatic rings. The standard InChI is InChI=1S/C22H33ClN2O4/c1-21(2,3)29-20(27)25-13-7-9-17(15-25)22(28,12-6-11-19(26)24-4)16-8-5-10-18(23)14-16/h5,8,10,14,17,28H,6-7,9,11-13,15H2,1-4H3,(H,24,26)/t17?,22-/m1/s1. The number of amides is 2. The van der Waals surface area contributed by atoms with Crippen LogP contribution >= 0.6 is 11.6 Å². The quantitative estimate of drug-likeness (QED) is 0.720. The van der Waals surface area contributed by atoms with Gasteiger partial charge in [0, 0.05) is 37.5 Å². The summed E-state index contributed by atoms with van der Waals surface area (Å²) in [5, 5.41) is 14.9. The van der Waals surface area contributed by atoms with E-state index in [4.69, 9.17) is 16.3 Å². The third-order valence-corrected chi connectivity index (χ3v) is 5.55. The molecule has 1 aliphatic rings. The summed E-state index contributed by atoms with van der Waals surface area (Å²) in [4.78, 5) is 25.9. The molecule has 0 saturated carbocycles. The third kappa shape index (κ3) is 6.61. The molecule has 1 fully saturated rings. The summed E-state index contributed by atoms with van der Waals surface area (Å²) in [5.74, 6) is -0.232. The molecule has 162 valence electrons. The van der Waals surface area contributed by atoms with Crippen molar-refractivity contribution in [2.75, 3.05) is 20.1 Å². The summed E-state index contributed by atoms with van der Waals surface area (Å²) in [6.07, 6.45) is 2.48. The van der Waals surface area contributed by atoms with Crippen LogP contribution in [0.3, 0.4) is 0 Å². The predicted molar refractivity (Wildman–Crippen MR) is 114 cm³/mol. The molecule has 2 amide bonds. The fourth-order valence-electron chi connectivity index (χ4n) is 3.84. The highest BCUT2D eigenvalue weighted by Crippen LogP contribution is 2.40. The first-order valence-corrected chi connectivity index (χ1v) is 10.6. The lowest BCUT2D eigenvalue weighted by Gasteiger charge is -2.43. The van der Waals surface area contributed by atoms with Gasteiger partial charge in [-0.1, -0.05) is 23.7 Å². The van der Waals surface area contributed by atoms with Crippen molar-refractivity contribution >= 4 is 23.6 Å². The number of carbonyl (C=O) groups excluding carboxylic acids is 2. The largest absolute Gasteiger partial charge is 0.444 e. The van der Waals surface area contributed by atoms with Crippen LogP contribution in [0.15, 0.2) is 24.3 Å². The molecule has 0 spiro atoms. The van der Waals surface area contributed by atoms with Crippen molar-refractivity contribution in [3.05, 3.63) is 34.9 Å². The van der Waals surface area contributed by atoms with Crippen molar-refractivity contribution < 1.29 is 19.4 Å². The lowest BCUT2D eigenvalue weighted by molar-refractivity contribution is -0.121. The first kappa shape index (κ1) is 23.5. The molecule has 0 radical (unpaired) electrons. The highest BCUT2D eigenvalue weighted by Gasteiger charge is 2.42. The second-order valence-corrected chi connectivity index (χ2v) is 9.16. The molecule has 2 N–H and O–H groups in total. The number of nitrogens with one attached hydrogen (secondary N) is 1. The zero-order valence-electron chi connectivity index (χ0n) is 17.8. The molecule has 7 heteroatoms. The SMILES string of the molecule is CNC(=O)CCC[C@@](O)(c1cccc(Cl)c1)C1CCCN(C(=O)OC(C)(C)C)C1. The normalized spacial score (nSPS) is 19.4. The Bertz CT molecular complexity index is 719. The molecule has 29 heavy (non-hydrogen) atoms. The molecular weight excluding hydrogens is 392 g/mol. The minimum absolute atomic E-state index is 0.0579. The summed E-state index contributed by atoms with van der Waals surface area (Å²) in [5.41, 5.74) is -1.03. The molecule has 6 nitrogen and oxygen atoms in total. The minimum Gasteiger partial charge on any atom is -0.444 e. The van der Waals surface area contributed by atoms with Crippen molar-refractivity contribution in [3.8, 4) is 0 Å². The molecule has 2 atom stereocenters. The molecule has 0 bridgehead atoms. The Kier molecular flexibility index (Phi) is 7.94. The fraction of sp³-hybridized carbons (Fsp3) is 0.636. The Labute approximate surface area is 178 Å². The number of halogens is 1. The topological polar surface area (TPSA) is 78.9 Å². The highest BCUT2D eigenvalue weighted by molar-refractivity contribution is 6.30. The average molecular weight is 425 g/mol. The fourth-order valence-corrected chi connectivity index (χ4v) is 4.03.